The van der Waals surface area contributed by atoms with Gasteiger partial charge in [-0.25, -0.2) is 4.68 Å². The van der Waals surface area contributed by atoms with E-state index >= 15 is 0 Å². The van der Waals surface area contributed by atoms with Crippen molar-refractivity contribution in [2.45, 2.75) is 26.2 Å². The highest BCUT2D eigenvalue weighted by Gasteiger charge is 2.31. The third kappa shape index (κ3) is 2.56. The van der Waals surface area contributed by atoms with Gasteiger partial charge in [0.05, 0.1) is 11.9 Å². The van der Waals surface area contributed by atoms with Crippen molar-refractivity contribution in [1.82, 2.24) is 9.78 Å². The summed E-state index contributed by atoms with van der Waals surface area (Å²) in [6, 6.07) is 12.1. The van der Waals surface area contributed by atoms with E-state index in [1.807, 2.05) is 35.1 Å². The number of carbonyl (C=O) groups is 1. The zero-order chi connectivity index (χ0) is 18.5. The molecule has 1 unspecified atom stereocenters. The largest absolute Gasteiger partial charge is 0.454 e. The third-order valence-electron chi connectivity index (χ3n) is 5.20. The average Bonchev–Trinajstić information content (AvgIpc) is 3.27. The molecule has 0 saturated carbocycles. The number of nitrogens with one attached hydrogen (secondary N) is 1. The second-order valence-electron chi connectivity index (χ2n) is 7.07. The lowest BCUT2D eigenvalue weighted by Gasteiger charge is -2.24. The van der Waals surface area contributed by atoms with Crippen molar-refractivity contribution in [3.05, 3.63) is 64.8 Å². The van der Waals surface area contributed by atoms with Gasteiger partial charge in [-0.05, 0) is 43.2 Å². The maximum atomic E-state index is 12.5. The molecular weight excluding hydrogens is 342 g/mol. The summed E-state index contributed by atoms with van der Waals surface area (Å²) in [7, 11) is 0. The second-order valence-corrected chi connectivity index (χ2v) is 7.07. The van der Waals surface area contributed by atoms with Gasteiger partial charge in [-0.3, -0.25) is 4.79 Å². The Labute approximate surface area is 156 Å². The minimum absolute atomic E-state index is 0.0170. The lowest BCUT2D eigenvalue weighted by atomic mass is 9.87. The van der Waals surface area contributed by atoms with Crippen LogP contribution in [0.4, 0.5) is 5.82 Å². The zero-order valence-electron chi connectivity index (χ0n) is 15.2. The minimum Gasteiger partial charge on any atom is -0.454 e. The number of nitrogens with zero attached hydrogens (tertiary/aromatic N) is 2. The number of hydrogen-bond acceptors (Lipinski definition) is 4. The fourth-order valence-electron chi connectivity index (χ4n) is 3.87. The van der Waals surface area contributed by atoms with E-state index in [1.165, 1.54) is 5.56 Å². The molecule has 1 amide bonds. The summed E-state index contributed by atoms with van der Waals surface area (Å²) in [5.41, 5.74) is 5.30. The molecule has 3 heterocycles. The Morgan fingerprint density at radius 3 is 2.81 bits per heavy atom. The number of ether oxygens (including phenoxy) is 2. The fourth-order valence-corrected chi connectivity index (χ4v) is 3.87. The number of hydrogen-bond donors (Lipinski definition) is 1. The Hall–Kier alpha value is -3.28. The molecule has 6 nitrogen and oxygen atoms in total. The van der Waals surface area contributed by atoms with E-state index in [2.05, 4.69) is 36.4 Å². The van der Waals surface area contributed by atoms with Gasteiger partial charge >= 0.3 is 0 Å². The third-order valence-corrected chi connectivity index (χ3v) is 5.20. The summed E-state index contributed by atoms with van der Waals surface area (Å²) < 4.78 is 12.7. The highest BCUT2D eigenvalue weighted by atomic mass is 16.7. The van der Waals surface area contributed by atoms with Gasteiger partial charge in [0, 0.05) is 17.9 Å². The van der Waals surface area contributed by atoms with Gasteiger partial charge < -0.3 is 14.8 Å². The van der Waals surface area contributed by atoms with Crippen LogP contribution in [0.1, 0.15) is 34.6 Å². The smallest absolute Gasteiger partial charge is 0.231 e. The van der Waals surface area contributed by atoms with Crippen molar-refractivity contribution < 1.29 is 14.3 Å². The molecule has 6 heteroatoms. The van der Waals surface area contributed by atoms with Crippen LogP contribution < -0.4 is 14.8 Å². The molecule has 1 aromatic heterocycles. The van der Waals surface area contributed by atoms with E-state index in [9.17, 15) is 4.79 Å². The molecule has 1 N–H and O–H groups in total. The topological polar surface area (TPSA) is 65.4 Å². The van der Waals surface area contributed by atoms with Crippen LogP contribution in [0.3, 0.4) is 0 Å². The van der Waals surface area contributed by atoms with E-state index in [0.29, 0.717) is 6.42 Å². The summed E-state index contributed by atoms with van der Waals surface area (Å²) in [6.07, 6.45) is 2.23. The van der Waals surface area contributed by atoms with Crippen LogP contribution in [-0.4, -0.2) is 22.5 Å². The standard InChI is InChI=1S/C21H19N3O3/c1-12-3-5-17(13(2)7-12)24-21-16(10-22-24)15(9-20(25)23-21)14-4-6-18-19(8-14)27-11-26-18/h3-8,10,15H,9,11H2,1-2H3,(H,23,25). The lowest BCUT2D eigenvalue weighted by Crippen LogP contribution is -2.24. The molecule has 27 heavy (non-hydrogen) atoms. The number of aryl methyl sites for hydroxylation is 2. The van der Waals surface area contributed by atoms with Crippen molar-refractivity contribution in [1.29, 1.82) is 0 Å². The molecule has 2 aliphatic rings. The molecule has 0 spiro atoms. The molecule has 0 aliphatic carbocycles. The van der Waals surface area contributed by atoms with Crippen LogP contribution in [0, 0.1) is 13.8 Å². The van der Waals surface area contributed by atoms with Crippen molar-refractivity contribution in [3.8, 4) is 17.2 Å². The van der Waals surface area contributed by atoms with Gasteiger partial charge in [-0.1, -0.05) is 23.8 Å². The van der Waals surface area contributed by atoms with E-state index in [1.54, 1.807) is 0 Å². The minimum atomic E-state index is -0.0669. The van der Waals surface area contributed by atoms with Gasteiger partial charge in [-0.15, -0.1) is 0 Å². The van der Waals surface area contributed by atoms with Crippen molar-refractivity contribution in [2.24, 2.45) is 0 Å². The summed E-state index contributed by atoms with van der Waals surface area (Å²) >= 11 is 0. The highest BCUT2D eigenvalue weighted by Crippen LogP contribution is 2.42. The predicted molar refractivity (Wildman–Crippen MR) is 101 cm³/mol. The molecule has 5 rings (SSSR count). The molecule has 136 valence electrons. The number of aromatic nitrogens is 2. The van der Waals surface area contributed by atoms with Crippen LogP contribution in [0.25, 0.3) is 5.69 Å². The van der Waals surface area contributed by atoms with Gasteiger partial charge in [-0.2, -0.15) is 5.10 Å². The summed E-state index contributed by atoms with van der Waals surface area (Å²) in [6.45, 7) is 4.35. The quantitative estimate of drug-likeness (QED) is 0.756. The van der Waals surface area contributed by atoms with E-state index < -0.39 is 0 Å². The average molecular weight is 361 g/mol. The number of anilines is 1. The SMILES string of the molecule is Cc1ccc(-n2ncc3c2NC(=O)CC3c2ccc3c(c2)OCO3)c(C)c1. The first-order valence-electron chi connectivity index (χ1n) is 8.95. The Balaban J connectivity index is 1.61. The molecule has 0 saturated heterocycles. The maximum Gasteiger partial charge on any atom is 0.231 e. The molecule has 0 fully saturated rings. The molecule has 3 aromatic rings. The van der Waals surface area contributed by atoms with Crippen molar-refractivity contribution in [2.75, 3.05) is 12.1 Å². The van der Waals surface area contributed by atoms with Gasteiger partial charge in [0.15, 0.2) is 11.5 Å². The molecular formula is C21H19N3O3. The van der Waals surface area contributed by atoms with Gasteiger partial charge in [0.25, 0.3) is 0 Å². The summed E-state index contributed by atoms with van der Waals surface area (Å²) in [5, 5.41) is 7.59. The number of carbonyl (C=O) groups excluding carboxylic acids is 1. The number of fused-ring (bicyclic) bond motifs is 2. The Morgan fingerprint density at radius 2 is 1.96 bits per heavy atom. The second kappa shape index (κ2) is 5.87. The summed E-state index contributed by atoms with van der Waals surface area (Å²) in [5.74, 6) is 2.12. The van der Waals surface area contributed by atoms with E-state index in [4.69, 9.17) is 9.47 Å². The molecule has 0 radical (unpaired) electrons. The lowest BCUT2D eigenvalue weighted by molar-refractivity contribution is -0.116. The first kappa shape index (κ1) is 15.9. The molecule has 2 aromatic carbocycles. The molecule has 2 aliphatic heterocycles. The highest BCUT2D eigenvalue weighted by molar-refractivity contribution is 5.94. The van der Waals surface area contributed by atoms with Crippen molar-refractivity contribution >= 4 is 11.7 Å². The van der Waals surface area contributed by atoms with Crippen molar-refractivity contribution in [3.63, 3.8) is 0 Å². The fraction of sp³-hybridized carbons (Fsp3) is 0.238. The first-order chi connectivity index (χ1) is 13.1. The monoisotopic (exact) mass is 361 g/mol. The number of rotatable bonds is 2. The number of amides is 1. The van der Waals surface area contributed by atoms with Crippen LogP contribution in [0.2, 0.25) is 0 Å². The maximum absolute atomic E-state index is 12.5. The Bertz CT molecular complexity index is 1070. The number of benzene rings is 2. The van der Waals surface area contributed by atoms with Crippen LogP contribution in [0.5, 0.6) is 11.5 Å². The van der Waals surface area contributed by atoms with Gasteiger partial charge in [0.1, 0.15) is 5.82 Å². The normalized spacial score (nSPS) is 17.6. The Kier molecular flexibility index (Phi) is 3.47. The summed E-state index contributed by atoms with van der Waals surface area (Å²) in [4.78, 5) is 12.5. The first-order valence-corrected chi connectivity index (χ1v) is 8.95. The molecule has 0 bridgehead atoms. The molecule has 1 atom stereocenters. The van der Waals surface area contributed by atoms with Crippen LogP contribution in [0.15, 0.2) is 42.6 Å². The predicted octanol–water partition coefficient (Wildman–Crippen LogP) is 3.69. The Morgan fingerprint density at radius 1 is 1.11 bits per heavy atom. The zero-order valence-corrected chi connectivity index (χ0v) is 15.2. The van der Waals surface area contributed by atoms with E-state index in [0.717, 1.165) is 39.7 Å². The van der Waals surface area contributed by atoms with Crippen LogP contribution >= 0.6 is 0 Å². The van der Waals surface area contributed by atoms with E-state index in [-0.39, 0.29) is 18.6 Å². The van der Waals surface area contributed by atoms with Gasteiger partial charge in [0.2, 0.25) is 12.7 Å². The van der Waals surface area contributed by atoms with Crippen LogP contribution in [-0.2, 0) is 4.79 Å².